The fourth-order valence-electron chi connectivity index (χ4n) is 1.93. The predicted molar refractivity (Wildman–Crippen MR) is 65.2 cm³/mol. The Balaban J connectivity index is 2.95. The van der Waals surface area contributed by atoms with Crippen LogP contribution in [-0.2, 0) is 12.8 Å². The average molecular weight is 219 g/mol. The van der Waals surface area contributed by atoms with Crippen LogP contribution in [0.25, 0.3) is 0 Å². The maximum absolute atomic E-state index is 8.69. The molecule has 0 atom stereocenters. The molecule has 0 radical (unpaired) electrons. The second-order valence-electron chi connectivity index (χ2n) is 4.98. The van der Waals surface area contributed by atoms with Gasteiger partial charge in [0.05, 0.1) is 11.8 Å². The Morgan fingerprint density at radius 2 is 2.00 bits per heavy atom. The van der Waals surface area contributed by atoms with Gasteiger partial charge < -0.3 is 0 Å². The zero-order chi connectivity index (χ0) is 12.1. The molecule has 0 aromatic carbocycles. The average Bonchev–Trinajstić information content (AvgIpc) is 2.57. The van der Waals surface area contributed by atoms with E-state index in [4.69, 9.17) is 5.26 Å². The van der Waals surface area contributed by atoms with Crippen LogP contribution >= 0.6 is 0 Å². The van der Waals surface area contributed by atoms with Crippen molar-refractivity contribution in [1.82, 2.24) is 10.2 Å². The summed E-state index contributed by atoms with van der Waals surface area (Å²) in [6.45, 7) is 8.68. The van der Waals surface area contributed by atoms with Crippen LogP contribution in [0.2, 0.25) is 0 Å². The highest BCUT2D eigenvalue weighted by atomic mass is 15.1. The molecule has 0 aliphatic rings. The highest BCUT2D eigenvalue weighted by molar-refractivity contribution is 5.28. The first-order valence-electron chi connectivity index (χ1n) is 5.99. The largest absolute Gasteiger partial charge is 0.282 e. The summed E-state index contributed by atoms with van der Waals surface area (Å²) in [7, 11) is 0. The van der Waals surface area contributed by atoms with Crippen molar-refractivity contribution >= 4 is 0 Å². The molecule has 1 aromatic rings. The van der Waals surface area contributed by atoms with E-state index in [1.54, 1.807) is 0 Å². The Morgan fingerprint density at radius 3 is 2.50 bits per heavy atom. The standard InChI is InChI=1S/C13H21N3/c1-9(2)8-12-11(6-5-7-14)13(10(3)4)16-15-12/h9-10H,5-6,8H2,1-4H3,(H,15,16). The number of nitrogens with one attached hydrogen (secondary N) is 1. The van der Waals surface area contributed by atoms with Crippen LogP contribution in [0.1, 0.15) is 57.0 Å². The first kappa shape index (κ1) is 12.8. The van der Waals surface area contributed by atoms with E-state index < -0.39 is 0 Å². The van der Waals surface area contributed by atoms with Crippen molar-refractivity contribution < 1.29 is 0 Å². The van der Waals surface area contributed by atoms with Crippen molar-refractivity contribution in [2.24, 2.45) is 5.92 Å². The van der Waals surface area contributed by atoms with Crippen LogP contribution in [0.15, 0.2) is 0 Å². The maximum Gasteiger partial charge on any atom is 0.0682 e. The highest BCUT2D eigenvalue weighted by Gasteiger charge is 2.15. The topological polar surface area (TPSA) is 52.5 Å². The Hall–Kier alpha value is -1.30. The Morgan fingerprint density at radius 1 is 1.31 bits per heavy atom. The summed E-state index contributed by atoms with van der Waals surface area (Å²) in [5, 5.41) is 16.2. The van der Waals surface area contributed by atoms with Gasteiger partial charge in [-0.2, -0.15) is 10.4 Å². The van der Waals surface area contributed by atoms with Gasteiger partial charge in [-0.05, 0) is 30.2 Å². The Kier molecular flexibility index (Phi) is 4.54. The zero-order valence-corrected chi connectivity index (χ0v) is 10.7. The smallest absolute Gasteiger partial charge is 0.0682 e. The van der Waals surface area contributed by atoms with E-state index in [1.807, 2.05) is 0 Å². The quantitative estimate of drug-likeness (QED) is 0.826. The van der Waals surface area contributed by atoms with Gasteiger partial charge in [0.25, 0.3) is 0 Å². The first-order valence-corrected chi connectivity index (χ1v) is 5.99. The summed E-state index contributed by atoms with van der Waals surface area (Å²) in [6, 6.07) is 2.21. The van der Waals surface area contributed by atoms with Crippen molar-refractivity contribution in [2.75, 3.05) is 0 Å². The van der Waals surface area contributed by atoms with E-state index in [9.17, 15) is 0 Å². The van der Waals surface area contributed by atoms with Crippen LogP contribution in [0, 0.1) is 17.2 Å². The van der Waals surface area contributed by atoms with Gasteiger partial charge in [-0.1, -0.05) is 27.7 Å². The van der Waals surface area contributed by atoms with Crippen LogP contribution in [0.4, 0.5) is 0 Å². The van der Waals surface area contributed by atoms with E-state index >= 15 is 0 Å². The molecular formula is C13H21N3. The fraction of sp³-hybridized carbons (Fsp3) is 0.692. The molecule has 88 valence electrons. The minimum Gasteiger partial charge on any atom is -0.282 e. The molecule has 3 nitrogen and oxygen atoms in total. The molecule has 0 aliphatic carbocycles. The fourth-order valence-corrected chi connectivity index (χ4v) is 1.93. The molecule has 0 saturated carbocycles. The molecule has 1 N–H and O–H groups in total. The SMILES string of the molecule is CC(C)Cc1[nH]nc(C(C)C)c1CCC#N. The predicted octanol–water partition coefficient (Wildman–Crippen LogP) is 3.19. The van der Waals surface area contributed by atoms with Crippen molar-refractivity contribution in [2.45, 2.75) is 52.9 Å². The molecule has 16 heavy (non-hydrogen) atoms. The summed E-state index contributed by atoms with van der Waals surface area (Å²) in [4.78, 5) is 0. The Bertz CT molecular complexity index is 369. The number of aromatic amines is 1. The van der Waals surface area contributed by atoms with E-state index in [-0.39, 0.29) is 0 Å². The summed E-state index contributed by atoms with van der Waals surface area (Å²) < 4.78 is 0. The summed E-state index contributed by atoms with van der Waals surface area (Å²) in [6.07, 6.45) is 2.41. The molecule has 3 heteroatoms. The van der Waals surface area contributed by atoms with Crippen LogP contribution < -0.4 is 0 Å². The monoisotopic (exact) mass is 219 g/mol. The third-order valence-electron chi connectivity index (χ3n) is 2.63. The van der Waals surface area contributed by atoms with Crippen molar-refractivity contribution in [3.8, 4) is 6.07 Å². The van der Waals surface area contributed by atoms with E-state index in [0.29, 0.717) is 18.3 Å². The lowest BCUT2D eigenvalue weighted by atomic mass is 9.96. The minimum absolute atomic E-state index is 0.422. The molecule has 0 amide bonds. The number of nitriles is 1. The zero-order valence-electron chi connectivity index (χ0n) is 10.7. The molecule has 1 aromatic heterocycles. The van der Waals surface area contributed by atoms with Gasteiger partial charge in [0, 0.05) is 12.1 Å². The molecular weight excluding hydrogens is 198 g/mol. The third kappa shape index (κ3) is 3.10. The summed E-state index contributed by atoms with van der Waals surface area (Å²) >= 11 is 0. The van der Waals surface area contributed by atoms with E-state index in [1.165, 1.54) is 11.3 Å². The molecule has 0 spiro atoms. The molecule has 1 heterocycles. The van der Waals surface area contributed by atoms with Crippen LogP contribution in [0.5, 0.6) is 0 Å². The molecule has 0 bridgehead atoms. The number of H-pyrrole nitrogens is 1. The second kappa shape index (κ2) is 5.69. The van der Waals surface area contributed by atoms with Gasteiger partial charge in [0.1, 0.15) is 0 Å². The highest BCUT2D eigenvalue weighted by Crippen LogP contribution is 2.23. The van der Waals surface area contributed by atoms with Gasteiger partial charge in [-0.3, -0.25) is 5.10 Å². The van der Waals surface area contributed by atoms with Crippen LogP contribution in [-0.4, -0.2) is 10.2 Å². The number of rotatable bonds is 5. The van der Waals surface area contributed by atoms with Crippen molar-refractivity contribution in [3.63, 3.8) is 0 Å². The normalized spacial score (nSPS) is 11.1. The molecule has 0 saturated heterocycles. The Labute approximate surface area is 97.9 Å². The lowest BCUT2D eigenvalue weighted by Crippen LogP contribution is -2.00. The van der Waals surface area contributed by atoms with E-state index in [0.717, 1.165) is 18.5 Å². The van der Waals surface area contributed by atoms with Gasteiger partial charge in [-0.15, -0.1) is 0 Å². The minimum atomic E-state index is 0.422. The van der Waals surface area contributed by atoms with Crippen molar-refractivity contribution in [3.05, 3.63) is 17.0 Å². The van der Waals surface area contributed by atoms with Crippen molar-refractivity contribution in [1.29, 1.82) is 5.26 Å². The molecule has 0 aliphatic heterocycles. The van der Waals surface area contributed by atoms with Crippen LogP contribution in [0.3, 0.4) is 0 Å². The number of nitrogens with zero attached hydrogens (tertiary/aromatic N) is 2. The van der Waals surface area contributed by atoms with Gasteiger partial charge in [-0.25, -0.2) is 0 Å². The first-order chi connectivity index (χ1) is 7.56. The summed E-state index contributed by atoms with van der Waals surface area (Å²) in [5.41, 5.74) is 3.62. The third-order valence-corrected chi connectivity index (χ3v) is 2.63. The lowest BCUT2D eigenvalue weighted by Gasteiger charge is -2.08. The second-order valence-corrected chi connectivity index (χ2v) is 4.98. The summed E-state index contributed by atoms with van der Waals surface area (Å²) in [5.74, 6) is 1.03. The van der Waals surface area contributed by atoms with E-state index in [2.05, 4.69) is 44.0 Å². The molecule has 1 rings (SSSR count). The maximum atomic E-state index is 8.69. The van der Waals surface area contributed by atoms with Gasteiger partial charge >= 0.3 is 0 Å². The number of hydrogen-bond donors (Lipinski definition) is 1. The number of hydrogen-bond acceptors (Lipinski definition) is 2. The molecule has 0 unspecified atom stereocenters. The number of aromatic nitrogens is 2. The molecule has 0 fully saturated rings. The van der Waals surface area contributed by atoms with Gasteiger partial charge in [0.15, 0.2) is 0 Å². The van der Waals surface area contributed by atoms with Gasteiger partial charge in [0.2, 0.25) is 0 Å². The lowest BCUT2D eigenvalue weighted by molar-refractivity contribution is 0.629.